The lowest BCUT2D eigenvalue weighted by Gasteiger charge is -2.35. The minimum Gasteiger partial charge on any atom is -0.393 e. The van der Waals surface area contributed by atoms with Gasteiger partial charge in [-0.05, 0) is 31.6 Å². The van der Waals surface area contributed by atoms with Crippen LogP contribution in [0.15, 0.2) is 6.20 Å². The van der Waals surface area contributed by atoms with E-state index in [1.807, 2.05) is 11.1 Å². The molecule has 1 N–H and O–H groups in total. The summed E-state index contributed by atoms with van der Waals surface area (Å²) in [6, 6.07) is 0.240. The predicted molar refractivity (Wildman–Crippen MR) is 89.6 cm³/mol. The molecule has 1 aliphatic carbocycles. The molecule has 1 saturated carbocycles. The van der Waals surface area contributed by atoms with Gasteiger partial charge in [-0.2, -0.15) is 0 Å². The number of carbonyl (C=O) groups excluding carboxylic acids is 1. The van der Waals surface area contributed by atoms with Crippen LogP contribution in [0.25, 0.3) is 0 Å². The Balaban J connectivity index is 1.31. The third-order valence-corrected chi connectivity index (χ3v) is 5.48. The Kier molecular flexibility index (Phi) is 5.00. The Hall–Kier alpha value is -1.51. The maximum absolute atomic E-state index is 12.7. The molecule has 8 heteroatoms. The lowest BCUT2D eigenvalue weighted by molar-refractivity contribution is -0.141. The summed E-state index contributed by atoms with van der Waals surface area (Å²) in [5, 5.41) is 17.9. The third-order valence-electron chi connectivity index (χ3n) is 5.48. The quantitative estimate of drug-likeness (QED) is 0.797. The van der Waals surface area contributed by atoms with E-state index in [9.17, 15) is 9.90 Å². The summed E-state index contributed by atoms with van der Waals surface area (Å²) >= 11 is 0. The van der Waals surface area contributed by atoms with Gasteiger partial charge in [0, 0.05) is 26.2 Å². The van der Waals surface area contributed by atoms with Gasteiger partial charge >= 0.3 is 0 Å². The Bertz CT molecular complexity index is 595. The van der Waals surface area contributed by atoms with Crippen molar-refractivity contribution in [2.75, 3.05) is 32.8 Å². The molecule has 1 aromatic rings. The van der Waals surface area contributed by atoms with Crippen LogP contribution < -0.4 is 0 Å². The molecule has 1 aromatic heterocycles. The largest absolute Gasteiger partial charge is 0.393 e. The number of aromatic nitrogens is 3. The molecule has 1 unspecified atom stereocenters. The van der Waals surface area contributed by atoms with Crippen LogP contribution in [-0.2, 0) is 22.6 Å². The van der Waals surface area contributed by atoms with Crippen molar-refractivity contribution in [3.63, 3.8) is 0 Å². The van der Waals surface area contributed by atoms with Crippen LogP contribution in [0.5, 0.6) is 0 Å². The van der Waals surface area contributed by atoms with Gasteiger partial charge < -0.3 is 14.7 Å². The van der Waals surface area contributed by atoms with Crippen molar-refractivity contribution < 1.29 is 14.6 Å². The predicted octanol–water partition coefficient (Wildman–Crippen LogP) is -0.128. The van der Waals surface area contributed by atoms with Crippen LogP contribution in [0.2, 0.25) is 0 Å². The molecule has 3 fully saturated rings. The minimum absolute atomic E-state index is 0.109. The monoisotopic (exact) mass is 349 g/mol. The van der Waals surface area contributed by atoms with Crippen LogP contribution in [0.4, 0.5) is 0 Å². The summed E-state index contributed by atoms with van der Waals surface area (Å²) in [6.07, 6.45) is 5.73. The molecule has 3 heterocycles. The molecular formula is C17H27N5O3. The number of ether oxygens (including phenoxy) is 1. The van der Waals surface area contributed by atoms with E-state index in [2.05, 4.69) is 15.2 Å². The summed E-state index contributed by atoms with van der Waals surface area (Å²) in [4.78, 5) is 16.9. The van der Waals surface area contributed by atoms with Crippen LogP contribution >= 0.6 is 0 Å². The average molecular weight is 349 g/mol. The summed E-state index contributed by atoms with van der Waals surface area (Å²) in [5.74, 6) is 0.725. The maximum Gasteiger partial charge on any atom is 0.244 e. The van der Waals surface area contributed by atoms with Gasteiger partial charge in [0.15, 0.2) is 0 Å². The molecule has 2 aliphatic heterocycles. The van der Waals surface area contributed by atoms with Gasteiger partial charge in [0.05, 0.1) is 37.3 Å². The highest BCUT2D eigenvalue weighted by Gasteiger charge is 2.39. The summed E-state index contributed by atoms with van der Waals surface area (Å²) in [6.45, 7) is 4.70. The highest BCUT2D eigenvalue weighted by molar-refractivity contribution is 5.76. The SMILES string of the molecule is O=C(Cn1cc(CN2CCC(O)CC2)nn1)N1CCOCC1C1CC1. The second kappa shape index (κ2) is 7.39. The van der Waals surface area contributed by atoms with Crippen molar-refractivity contribution in [2.45, 2.75) is 50.9 Å². The second-order valence-electron chi connectivity index (χ2n) is 7.48. The van der Waals surface area contributed by atoms with Crippen LogP contribution in [0.3, 0.4) is 0 Å². The van der Waals surface area contributed by atoms with Gasteiger partial charge in [-0.25, -0.2) is 4.68 Å². The van der Waals surface area contributed by atoms with Gasteiger partial charge in [-0.1, -0.05) is 5.21 Å². The number of piperidine rings is 1. The zero-order valence-corrected chi connectivity index (χ0v) is 14.6. The summed E-state index contributed by atoms with van der Waals surface area (Å²) in [5.41, 5.74) is 0.880. The standard InChI is InChI=1S/C17H27N5O3/c23-15-3-5-20(6-4-15)9-14-10-21(19-18-14)11-17(24)22-7-8-25-12-16(22)13-1-2-13/h10,13,15-16,23H,1-9,11-12H2. The Morgan fingerprint density at radius 1 is 1.24 bits per heavy atom. The summed E-state index contributed by atoms with van der Waals surface area (Å²) in [7, 11) is 0. The smallest absolute Gasteiger partial charge is 0.244 e. The van der Waals surface area contributed by atoms with Gasteiger partial charge in [0.25, 0.3) is 0 Å². The molecule has 1 amide bonds. The fourth-order valence-corrected chi connectivity index (χ4v) is 3.83. The Morgan fingerprint density at radius 2 is 2.04 bits per heavy atom. The van der Waals surface area contributed by atoms with E-state index in [0.717, 1.165) is 38.2 Å². The number of nitrogens with zero attached hydrogens (tertiary/aromatic N) is 5. The second-order valence-corrected chi connectivity index (χ2v) is 7.48. The summed E-state index contributed by atoms with van der Waals surface area (Å²) < 4.78 is 7.21. The number of hydrogen-bond donors (Lipinski definition) is 1. The lowest BCUT2D eigenvalue weighted by Crippen LogP contribution is -2.50. The van der Waals surface area contributed by atoms with Crippen molar-refractivity contribution >= 4 is 5.91 Å². The molecule has 0 bridgehead atoms. The minimum atomic E-state index is -0.169. The van der Waals surface area contributed by atoms with Gasteiger partial charge in [-0.15, -0.1) is 5.10 Å². The Labute approximate surface area is 147 Å². The Morgan fingerprint density at radius 3 is 2.80 bits per heavy atom. The molecule has 3 aliphatic rings. The molecule has 25 heavy (non-hydrogen) atoms. The number of aliphatic hydroxyl groups is 1. The highest BCUT2D eigenvalue weighted by atomic mass is 16.5. The van der Waals surface area contributed by atoms with Crippen molar-refractivity contribution in [1.82, 2.24) is 24.8 Å². The zero-order valence-electron chi connectivity index (χ0n) is 14.6. The number of hydrogen-bond acceptors (Lipinski definition) is 6. The first-order valence-electron chi connectivity index (χ1n) is 9.35. The molecule has 8 nitrogen and oxygen atoms in total. The van der Waals surface area contributed by atoms with E-state index in [1.54, 1.807) is 4.68 Å². The molecule has 0 radical (unpaired) electrons. The zero-order chi connectivity index (χ0) is 17.2. The molecule has 138 valence electrons. The first kappa shape index (κ1) is 16.9. The average Bonchev–Trinajstić information content (AvgIpc) is 3.38. The molecular weight excluding hydrogens is 322 g/mol. The van der Waals surface area contributed by atoms with E-state index in [4.69, 9.17) is 4.74 Å². The van der Waals surface area contributed by atoms with Crippen molar-refractivity contribution in [1.29, 1.82) is 0 Å². The van der Waals surface area contributed by atoms with E-state index >= 15 is 0 Å². The van der Waals surface area contributed by atoms with Crippen LogP contribution in [-0.4, -0.2) is 80.8 Å². The highest BCUT2D eigenvalue weighted by Crippen LogP contribution is 2.36. The molecule has 4 rings (SSSR count). The van der Waals surface area contributed by atoms with Crippen molar-refractivity contribution in [3.05, 3.63) is 11.9 Å². The number of amides is 1. The van der Waals surface area contributed by atoms with Gasteiger partial charge in [0.2, 0.25) is 5.91 Å². The fraction of sp³-hybridized carbons (Fsp3) is 0.824. The number of morpholine rings is 1. The van der Waals surface area contributed by atoms with E-state index in [-0.39, 0.29) is 24.6 Å². The normalized spacial score (nSPS) is 26.1. The van der Waals surface area contributed by atoms with E-state index < -0.39 is 0 Å². The van der Waals surface area contributed by atoms with Crippen molar-refractivity contribution in [2.24, 2.45) is 5.92 Å². The first-order chi connectivity index (χ1) is 12.2. The molecule has 1 atom stereocenters. The maximum atomic E-state index is 12.7. The van der Waals surface area contributed by atoms with Gasteiger partial charge in [-0.3, -0.25) is 9.69 Å². The van der Waals surface area contributed by atoms with E-state index in [0.29, 0.717) is 25.7 Å². The number of likely N-dealkylation sites (tertiary alicyclic amines) is 1. The van der Waals surface area contributed by atoms with Crippen LogP contribution in [0.1, 0.15) is 31.4 Å². The first-order valence-corrected chi connectivity index (χ1v) is 9.35. The van der Waals surface area contributed by atoms with Gasteiger partial charge in [0.1, 0.15) is 6.54 Å². The fourth-order valence-electron chi connectivity index (χ4n) is 3.83. The van der Waals surface area contributed by atoms with Crippen LogP contribution in [0, 0.1) is 5.92 Å². The number of rotatable bonds is 5. The lowest BCUT2D eigenvalue weighted by atomic mass is 10.1. The number of aliphatic hydroxyl groups excluding tert-OH is 1. The van der Waals surface area contributed by atoms with Crippen molar-refractivity contribution in [3.8, 4) is 0 Å². The van der Waals surface area contributed by atoms with E-state index in [1.165, 1.54) is 12.8 Å². The number of carbonyl (C=O) groups is 1. The molecule has 0 aromatic carbocycles. The third kappa shape index (κ3) is 4.19. The topological polar surface area (TPSA) is 83.7 Å². The molecule has 0 spiro atoms. The molecule has 2 saturated heterocycles.